The summed E-state index contributed by atoms with van der Waals surface area (Å²) < 4.78 is 5.08. The van der Waals surface area contributed by atoms with E-state index in [-0.39, 0.29) is 17.7 Å². The van der Waals surface area contributed by atoms with Gasteiger partial charge in [0, 0.05) is 13.7 Å². The van der Waals surface area contributed by atoms with Crippen LogP contribution in [0.4, 0.5) is 0 Å². The fourth-order valence-corrected chi connectivity index (χ4v) is 2.91. The Balaban J connectivity index is -0.000000480. The number of nitrogens with one attached hydrogen (secondary N) is 1. The highest BCUT2D eigenvalue weighted by Crippen LogP contribution is 2.11. The van der Waals surface area contributed by atoms with E-state index in [1.807, 2.05) is 91.0 Å². The average molecular weight is 498 g/mol. The molecule has 0 bridgehead atoms. The number of allylic oxidation sites excluding steroid dienone is 7. The molecule has 0 saturated heterocycles. The first-order valence-electron chi connectivity index (χ1n) is 13.4. The van der Waals surface area contributed by atoms with E-state index in [1.165, 1.54) is 11.1 Å². The minimum Gasteiger partial charge on any atom is -0.384 e. The van der Waals surface area contributed by atoms with E-state index >= 15 is 0 Å². The van der Waals surface area contributed by atoms with Crippen LogP contribution in [0.1, 0.15) is 74.3 Å². The van der Waals surface area contributed by atoms with E-state index in [4.69, 9.17) is 4.74 Å². The van der Waals surface area contributed by atoms with Crippen molar-refractivity contribution in [2.75, 3.05) is 20.3 Å². The average Bonchev–Trinajstić information content (AvgIpc) is 2.91. The Morgan fingerprint density at radius 2 is 1.56 bits per heavy atom. The molecule has 1 N–H and O–H groups in total. The lowest BCUT2D eigenvalue weighted by molar-refractivity contribution is -0.128. The lowest BCUT2D eigenvalue weighted by atomic mass is 9.96. The topological polar surface area (TPSA) is 38.3 Å². The molecule has 3 nitrogen and oxygen atoms in total. The molecule has 0 aromatic heterocycles. The van der Waals surface area contributed by atoms with Crippen LogP contribution in [-0.2, 0) is 16.0 Å². The van der Waals surface area contributed by atoms with Crippen LogP contribution in [0.2, 0.25) is 0 Å². The van der Waals surface area contributed by atoms with Crippen molar-refractivity contribution < 1.29 is 9.53 Å². The number of carbonyl (C=O) groups excluding carboxylic acids is 1. The first-order valence-corrected chi connectivity index (χ1v) is 13.4. The maximum absolute atomic E-state index is 12.0. The van der Waals surface area contributed by atoms with Crippen LogP contribution in [0.15, 0.2) is 90.6 Å². The van der Waals surface area contributed by atoms with E-state index in [2.05, 4.69) is 56.1 Å². The SMILES string of the molecule is C/C=C\C(=C/C)CNC(=O)C(COC)C(C)C.C=C/C=C(\C=C/C)CC.CC.CCc1ccccc1. The van der Waals surface area contributed by atoms with Gasteiger partial charge in [0.25, 0.3) is 0 Å². The number of aryl methyl sites for hydroxylation is 1. The molecule has 0 spiro atoms. The molecule has 36 heavy (non-hydrogen) atoms. The van der Waals surface area contributed by atoms with Gasteiger partial charge in [0.1, 0.15) is 0 Å². The van der Waals surface area contributed by atoms with E-state index in [1.54, 1.807) is 7.11 Å². The van der Waals surface area contributed by atoms with Crippen LogP contribution in [-0.4, -0.2) is 26.2 Å². The van der Waals surface area contributed by atoms with Gasteiger partial charge >= 0.3 is 0 Å². The number of hydrogen-bond acceptors (Lipinski definition) is 2. The first-order chi connectivity index (χ1) is 17.3. The molecule has 1 rings (SSSR count). The predicted octanol–water partition coefficient (Wildman–Crippen LogP) is 8.90. The van der Waals surface area contributed by atoms with Crippen molar-refractivity contribution in [2.45, 2.75) is 75.2 Å². The highest BCUT2D eigenvalue weighted by molar-refractivity contribution is 5.79. The fraction of sp³-hybridized carbons (Fsp3) is 0.485. The first kappa shape index (κ1) is 37.9. The van der Waals surface area contributed by atoms with E-state index in [0.717, 1.165) is 18.4 Å². The molecule has 0 fully saturated rings. The molecule has 0 heterocycles. The Bertz CT molecular complexity index is 755. The van der Waals surface area contributed by atoms with Gasteiger partial charge in [-0.25, -0.2) is 0 Å². The molecular weight excluding hydrogens is 442 g/mol. The van der Waals surface area contributed by atoms with Gasteiger partial charge in [0.15, 0.2) is 0 Å². The van der Waals surface area contributed by atoms with E-state index in [0.29, 0.717) is 13.2 Å². The minimum absolute atomic E-state index is 0.0608. The number of methoxy groups -OCH3 is 1. The van der Waals surface area contributed by atoms with Crippen LogP contribution in [0.25, 0.3) is 0 Å². The molecule has 204 valence electrons. The van der Waals surface area contributed by atoms with Gasteiger partial charge in [0.2, 0.25) is 5.91 Å². The summed E-state index contributed by atoms with van der Waals surface area (Å²) in [6.07, 6.45) is 16.2. The highest BCUT2D eigenvalue weighted by atomic mass is 16.5. The van der Waals surface area contributed by atoms with Crippen LogP contribution in [0, 0.1) is 11.8 Å². The molecule has 0 aliphatic heterocycles. The maximum atomic E-state index is 12.0. The number of ether oxygens (including phenoxy) is 1. The molecule has 1 aromatic rings. The predicted molar refractivity (Wildman–Crippen MR) is 162 cm³/mol. The van der Waals surface area contributed by atoms with Crippen LogP contribution in [0.5, 0.6) is 0 Å². The van der Waals surface area contributed by atoms with Crippen molar-refractivity contribution in [2.24, 2.45) is 11.8 Å². The molecule has 0 aliphatic carbocycles. The van der Waals surface area contributed by atoms with Crippen LogP contribution in [0.3, 0.4) is 0 Å². The van der Waals surface area contributed by atoms with Crippen molar-refractivity contribution in [3.05, 3.63) is 96.2 Å². The van der Waals surface area contributed by atoms with Gasteiger partial charge < -0.3 is 10.1 Å². The Kier molecular flexibility index (Phi) is 30.1. The molecule has 0 radical (unpaired) electrons. The Morgan fingerprint density at radius 1 is 1.00 bits per heavy atom. The third kappa shape index (κ3) is 21.9. The molecule has 1 aromatic carbocycles. The van der Waals surface area contributed by atoms with Crippen LogP contribution >= 0.6 is 0 Å². The Morgan fingerprint density at radius 3 is 1.92 bits per heavy atom. The second-order valence-electron chi connectivity index (χ2n) is 8.06. The van der Waals surface area contributed by atoms with E-state index < -0.39 is 0 Å². The summed E-state index contributed by atoms with van der Waals surface area (Å²) in [5, 5.41) is 2.95. The summed E-state index contributed by atoms with van der Waals surface area (Å²) in [6, 6.07) is 10.5. The summed E-state index contributed by atoms with van der Waals surface area (Å²) in [7, 11) is 1.62. The zero-order valence-electron chi connectivity index (χ0n) is 24.9. The summed E-state index contributed by atoms with van der Waals surface area (Å²) in [6.45, 7) is 23.0. The zero-order chi connectivity index (χ0) is 28.2. The van der Waals surface area contributed by atoms with Crippen molar-refractivity contribution in [3.63, 3.8) is 0 Å². The molecule has 0 aliphatic rings. The van der Waals surface area contributed by atoms with E-state index in [9.17, 15) is 4.79 Å². The van der Waals surface area contributed by atoms with Gasteiger partial charge in [0.05, 0.1) is 12.5 Å². The standard InChI is InChI=1S/C14H25NO2.C9H14.C8H10.C2H6/c1-6-8-12(7-2)9-15-14(16)13(10-17-5)11(3)4;1-4-7-9(6-3)8-5-2;1-2-8-6-4-3-5-7-8;1-2/h6-8,11,13H,9-10H2,1-5H3,(H,15,16);4-5,7-8H,1,6H2,2-3H3;3-7H,2H2,1H3;1-2H3/b8-6-,12-7+;8-5-,9-7-;;. The maximum Gasteiger partial charge on any atom is 0.225 e. The number of benzene rings is 1. The molecule has 0 saturated carbocycles. The van der Waals surface area contributed by atoms with Crippen molar-refractivity contribution in [1.29, 1.82) is 0 Å². The normalized spacial score (nSPS) is 12.1. The zero-order valence-corrected chi connectivity index (χ0v) is 24.9. The van der Waals surface area contributed by atoms with Crippen molar-refractivity contribution in [1.82, 2.24) is 5.32 Å². The van der Waals surface area contributed by atoms with Crippen LogP contribution < -0.4 is 5.32 Å². The smallest absolute Gasteiger partial charge is 0.225 e. The third-order valence-corrected chi connectivity index (χ3v) is 5.08. The Hall–Kier alpha value is -2.65. The monoisotopic (exact) mass is 497 g/mol. The van der Waals surface area contributed by atoms with Crippen molar-refractivity contribution >= 4 is 5.91 Å². The van der Waals surface area contributed by atoms with Gasteiger partial charge in [-0.05, 0) is 56.2 Å². The summed E-state index contributed by atoms with van der Waals surface area (Å²) >= 11 is 0. The lowest BCUT2D eigenvalue weighted by Gasteiger charge is -2.19. The minimum atomic E-state index is -0.0799. The fourth-order valence-electron chi connectivity index (χ4n) is 2.91. The molecule has 3 heteroatoms. The quantitative estimate of drug-likeness (QED) is 0.310. The lowest BCUT2D eigenvalue weighted by Crippen LogP contribution is -2.36. The number of amides is 1. The van der Waals surface area contributed by atoms with Crippen molar-refractivity contribution in [3.8, 4) is 0 Å². The molecule has 1 unspecified atom stereocenters. The molecule has 1 amide bonds. The molecular formula is C33H55NO2. The highest BCUT2D eigenvalue weighted by Gasteiger charge is 2.21. The molecule has 1 atom stereocenters. The number of rotatable bonds is 11. The van der Waals surface area contributed by atoms with Gasteiger partial charge in [-0.1, -0.05) is 121 Å². The van der Waals surface area contributed by atoms with Gasteiger partial charge in [-0.2, -0.15) is 0 Å². The summed E-state index contributed by atoms with van der Waals surface area (Å²) in [5.74, 6) is 0.264. The number of carbonyl (C=O) groups is 1. The second-order valence-corrected chi connectivity index (χ2v) is 8.06. The van der Waals surface area contributed by atoms with Gasteiger partial charge in [-0.3, -0.25) is 4.79 Å². The largest absolute Gasteiger partial charge is 0.384 e. The van der Waals surface area contributed by atoms with Gasteiger partial charge in [-0.15, -0.1) is 0 Å². The third-order valence-electron chi connectivity index (χ3n) is 5.08. The summed E-state index contributed by atoms with van der Waals surface area (Å²) in [5.41, 5.74) is 3.85. The second kappa shape index (κ2) is 28.6. The summed E-state index contributed by atoms with van der Waals surface area (Å²) in [4.78, 5) is 12.0. The number of hydrogen-bond donors (Lipinski definition) is 1. The Labute approximate surface area is 224 Å².